The number of rotatable bonds is 7. The lowest BCUT2D eigenvalue weighted by atomic mass is 10.1. The van der Waals surface area contributed by atoms with E-state index in [0.29, 0.717) is 18.7 Å². The summed E-state index contributed by atoms with van der Waals surface area (Å²) in [6.07, 6.45) is -3.68. The van der Waals surface area contributed by atoms with Crippen molar-refractivity contribution < 1.29 is 18.3 Å². The van der Waals surface area contributed by atoms with Crippen molar-refractivity contribution in [3.63, 3.8) is 0 Å². The second-order valence-electron chi connectivity index (χ2n) is 4.59. The molecule has 0 saturated heterocycles. The molecule has 0 heterocycles. The summed E-state index contributed by atoms with van der Waals surface area (Å²) < 4.78 is 39.6. The zero-order valence-electron chi connectivity index (χ0n) is 11.8. The van der Waals surface area contributed by atoms with Crippen molar-refractivity contribution in [1.82, 2.24) is 5.32 Å². The van der Waals surface area contributed by atoms with Crippen LogP contribution in [0.15, 0.2) is 18.2 Å². The number of nitrogens with one attached hydrogen (secondary N) is 1. The first-order valence-corrected chi connectivity index (χ1v) is 6.64. The van der Waals surface area contributed by atoms with Crippen LogP contribution in [0.1, 0.15) is 24.5 Å². The fourth-order valence-corrected chi connectivity index (χ4v) is 2.14. The highest BCUT2D eigenvalue weighted by molar-refractivity contribution is 5.56. The highest BCUT2D eigenvalue weighted by Gasteiger charge is 2.35. The van der Waals surface area contributed by atoms with Crippen LogP contribution in [0.25, 0.3) is 0 Å². The van der Waals surface area contributed by atoms with Crippen LogP contribution in [0.5, 0.6) is 0 Å². The molecule has 0 spiro atoms. The Morgan fingerprint density at radius 1 is 1.25 bits per heavy atom. The summed E-state index contributed by atoms with van der Waals surface area (Å²) in [6, 6.07) is 4.34. The topological polar surface area (TPSA) is 35.5 Å². The number of nitrogens with zero attached hydrogens (tertiary/aromatic N) is 1. The SMILES string of the molecule is CCCN(CCO)c1ccc(CNC)cc1C(F)(F)F. The summed E-state index contributed by atoms with van der Waals surface area (Å²) in [4.78, 5) is 1.58. The number of aliphatic hydroxyl groups excluding tert-OH is 1. The molecule has 1 aromatic carbocycles. The molecular formula is C14H21F3N2O. The predicted octanol–water partition coefficient (Wildman–Crippen LogP) is 2.63. The minimum absolute atomic E-state index is 0.133. The molecule has 0 radical (unpaired) electrons. The van der Waals surface area contributed by atoms with Crippen LogP contribution in [0.3, 0.4) is 0 Å². The number of benzene rings is 1. The fourth-order valence-electron chi connectivity index (χ4n) is 2.14. The molecule has 2 N–H and O–H groups in total. The van der Waals surface area contributed by atoms with E-state index in [0.717, 1.165) is 6.42 Å². The molecule has 0 fully saturated rings. The molecule has 0 aliphatic heterocycles. The molecule has 1 rings (SSSR count). The molecule has 0 aromatic heterocycles. The monoisotopic (exact) mass is 290 g/mol. The zero-order chi connectivity index (χ0) is 15.2. The van der Waals surface area contributed by atoms with Gasteiger partial charge in [0.15, 0.2) is 0 Å². The molecule has 1 aromatic rings. The van der Waals surface area contributed by atoms with Crippen LogP contribution >= 0.6 is 0 Å². The van der Waals surface area contributed by atoms with Gasteiger partial charge in [0.25, 0.3) is 0 Å². The minimum Gasteiger partial charge on any atom is -0.395 e. The molecule has 0 saturated carbocycles. The lowest BCUT2D eigenvalue weighted by molar-refractivity contribution is -0.137. The van der Waals surface area contributed by atoms with E-state index in [4.69, 9.17) is 5.11 Å². The zero-order valence-corrected chi connectivity index (χ0v) is 11.8. The van der Waals surface area contributed by atoms with Gasteiger partial charge in [-0.1, -0.05) is 13.0 Å². The minimum atomic E-state index is -4.40. The fraction of sp³-hybridized carbons (Fsp3) is 0.571. The van der Waals surface area contributed by atoms with E-state index in [1.807, 2.05) is 6.92 Å². The van der Waals surface area contributed by atoms with Crippen molar-refractivity contribution in [3.05, 3.63) is 29.3 Å². The lowest BCUT2D eigenvalue weighted by Gasteiger charge is -2.27. The van der Waals surface area contributed by atoms with Gasteiger partial charge in [0, 0.05) is 25.3 Å². The Morgan fingerprint density at radius 2 is 1.95 bits per heavy atom. The van der Waals surface area contributed by atoms with E-state index in [1.54, 1.807) is 18.0 Å². The van der Waals surface area contributed by atoms with Crippen LogP contribution in [0, 0.1) is 0 Å². The van der Waals surface area contributed by atoms with E-state index in [-0.39, 0.29) is 18.8 Å². The number of hydrogen-bond acceptors (Lipinski definition) is 3. The summed E-state index contributed by atoms with van der Waals surface area (Å²) in [5.41, 5.74) is 0.0735. The Labute approximate surface area is 117 Å². The second kappa shape index (κ2) is 7.50. The van der Waals surface area contributed by atoms with Gasteiger partial charge in [-0.3, -0.25) is 0 Å². The molecule has 114 valence electrons. The molecule has 0 aliphatic rings. The van der Waals surface area contributed by atoms with E-state index >= 15 is 0 Å². The van der Waals surface area contributed by atoms with Crippen LogP contribution in [0.2, 0.25) is 0 Å². The van der Waals surface area contributed by atoms with Gasteiger partial charge < -0.3 is 15.3 Å². The van der Waals surface area contributed by atoms with Crippen molar-refractivity contribution in [2.24, 2.45) is 0 Å². The van der Waals surface area contributed by atoms with Crippen molar-refractivity contribution in [2.45, 2.75) is 26.1 Å². The van der Waals surface area contributed by atoms with Gasteiger partial charge in [0.1, 0.15) is 0 Å². The highest BCUT2D eigenvalue weighted by Crippen LogP contribution is 2.37. The third-order valence-corrected chi connectivity index (χ3v) is 2.95. The third-order valence-electron chi connectivity index (χ3n) is 2.95. The Bertz CT molecular complexity index is 415. The molecule has 6 heteroatoms. The standard InChI is InChI=1S/C14H21F3N2O/c1-3-6-19(7-8-20)13-5-4-11(10-18-2)9-12(13)14(15,16)17/h4-5,9,18,20H,3,6-8,10H2,1-2H3. The maximum absolute atomic E-state index is 13.2. The molecule has 0 aliphatic carbocycles. The average molecular weight is 290 g/mol. The normalized spacial score (nSPS) is 11.7. The second-order valence-corrected chi connectivity index (χ2v) is 4.59. The largest absolute Gasteiger partial charge is 0.418 e. The van der Waals surface area contributed by atoms with Gasteiger partial charge in [-0.2, -0.15) is 13.2 Å². The van der Waals surface area contributed by atoms with Gasteiger partial charge in [-0.05, 0) is 31.2 Å². The molecule has 0 atom stereocenters. The third kappa shape index (κ3) is 4.38. The van der Waals surface area contributed by atoms with E-state index in [9.17, 15) is 13.2 Å². The van der Waals surface area contributed by atoms with Crippen LogP contribution in [0.4, 0.5) is 18.9 Å². The van der Waals surface area contributed by atoms with Gasteiger partial charge >= 0.3 is 6.18 Å². The van der Waals surface area contributed by atoms with Crippen LogP contribution in [-0.4, -0.2) is 31.9 Å². The average Bonchev–Trinajstić information content (AvgIpc) is 2.38. The Morgan fingerprint density at radius 3 is 2.45 bits per heavy atom. The van der Waals surface area contributed by atoms with Gasteiger partial charge in [-0.15, -0.1) is 0 Å². The summed E-state index contributed by atoms with van der Waals surface area (Å²) in [5, 5.41) is 11.9. The van der Waals surface area contributed by atoms with Crippen LogP contribution < -0.4 is 10.2 Å². The maximum atomic E-state index is 13.2. The molecular weight excluding hydrogens is 269 g/mol. The van der Waals surface area contributed by atoms with E-state index in [1.165, 1.54) is 12.1 Å². The van der Waals surface area contributed by atoms with Gasteiger partial charge in [0.2, 0.25) is 0 Å². The molecule has 3 nitrogen and oxygen atoms in total. The van der Waals surface area contributed by atoms with E-state index < -0.39 is 11.7 Å². The first kappa shape index (κ1) is 16.8. The maximum Gasteiger partial charge on any atom is 0.418 e. The van der Waals surface area contributed by atoms with Crippen molar-refractivity contribution in [3.8, 4) is 0 Å². The summed E-state index contributed by atoms with van der Waals surface area (Å²) in [7, 11) is 1.69. The molecule has 0 bridgehead atoms. The molecule has 0 amide bonds. The highest BCUT2D eigenvalue weighted by atomic mass is 19.4. The number of hydrogen-bond donors (Lipinski definition) is 2. The molecule has 20 heavy (non-hydrogen) atoms. The van der Waals surface area contributed by atoms with E-state index in [2.05, 4.69) is 5.32 Å². The van der Waals surface area contributed by atoms with Crippen molar-refractivity contribution >= 4 is 5.69 Å². The van der Waals surface area contributed by atoms with Gasteiger partial charge in [-0.25, -0.2) is 0 Å². The van der Waals surface area contributed by atoms with Gasteiger partial charge in [0.05, 0.1) is 12.2 Å². The number of halogens is 3. The summed E-state index contributed by atoms with van der Waals surface area (Å²) >= 11 is 0. The predicted molar refractivity (Wildman–Crippen MR) is 73.8 cm³/mol. The number of aliphatic hydroxyl groups is 1. The number of alkyl halides is 3. The Balaban J connectivity index is 3.21. The summed E-state index contributed by atoms with van der Waals surface area (Å²) in [5.74, 6) is 0. The van der Waals surface area contributed by atoms with Crippen molar-refractivity contribution in [2.75, 3.05) is 31.6 Å². The first-order valence-electron chi connectivity index (χ1n) is 6.64. The first-order chi connectivity index (χ1) is 9.43. The van der Waals surface area contributed by atoms with Crippen molar-refractivity contribution in [1.29, 1.82) is 0 Å². The lowest BCUT2D eigenvalue weighted by Crippen LogP contribution is -2.29. The summed E-state index contributed by atoms with van der Waals surface area (Å²) in [6.45, 7) is 2.79. The number of anilines is 1. The molecule has 0 unspecified atom stereocenters. The smallest absolute Gasteiger partial charge is 0.395 e. The Kier molecular flexibility index (Phi) is 6.29. The quantitative estimate of drug-likeness (QED) is 0.810. The Hall–Kier alpha value is -1.27. The van der Waals surface area contributed by atoms with Crippen LogP contribution in [-0.2, 0) is 12.7 Å².